The van der Waals surface area contributed by atoms with Gasteiger partial charge in [-0.15, -0.1) is 0 Å². The monoisotopic (exact) mass is 483 g/mol. The number of hydrogen-bond acceptors (Lipinski definition) is 7. The molecule has 2 fully saturated rings. The highest BCUT2D eigenvalue weighted by molar-refractivity contribution is 6.31. The first-order chi connectivity index (χ1) is 16.5. The van der Waals surface area contributed by atoms with Crippen LogP contribution in [0.25, 0.3) is 10.9 Å². The second-order valence-corrected chi connectivity index (χ2v) is 8.57. The van der Waals surface area contributed by atoms with Gasteiger partial charge in [0, 0.05) is 36.3 Å². The molecule has 34 heavy (non-hydrogen) atoms. The maximum absolute atomic E-state index is 13.5. The van der Waals surface area contributed by atoms with Crippen LogP contribution in [0.4, 0.5) is 21.6 Å². The van der Waals surface area contributed by atoms with E-state index < -0.39 is 5.82 Å². The zero-order chi connectivity index (χ0) is 23.7. The van der Waals surface area contributed by atoms with Gasteiger partial charge in [0.2, 0.25) is 5.91 Å². The van der Waals surface area contributed by atoms with Crippen molar-refractivity contribution in [2.75, 3.05) is 37.4 Å². The standard InChI is InChI=1S/C24H23ClFN5O3/c1-33-22-11-18-15(24(28-13-27-18)29-14-4-5-17(26)16(25)9-14)10-19(22)30-23(32)3-2-7-31-8-6-21-20(31)12-34-21/h2-5,9-11,13,20-21H,6-8,12H2,1H3,(H,30,32)(H,27,28,29)/b3-2+. The predicted octanol–water partition coefficient (Wildman–Crippen LogP) is 4.14. The summed E-state index contributed by atoms with van der Waals surface area (Å²) in [6, 6.07) is 8.24. The van der Waals surface area contributed by atoms with Crippen molar-refractivity contribution in [3.05, 3.63) is 59.7 Å². The quantitative estimate of drug-likeness (QED) is 0.488. The number of nitrogens with zero attached hydrogens (tertiary/aromatic N) is 3. The van der Waals surface area contributed by atoms with Gasteiger partial charge < -0.3 is 20.1 Å². The number of carbonyl (C=O) groups excluding carboxylic acids is 1. The summed E-state index contributed by atoms with van der Waals surface area (Å²) in [6.07, 6.45) is 6.18. The van der Waals surface area contributed by atoms with Crippen molar-refractivity contribution in [2.45, 2.75) is 18.6 Å². The van der Waals surface area contributed by atoms with Crippen molar-refractivity contribution in [1.82, 2.24) is 14.9 Å². The predicted molar refractivity (Wildman–Crippen MR) is 128 cm³/mol. The van der Waals surface area contributed by atoms with Crippen LogP contribution < -0.4 is 15.4 Å². The Bertz CT molecular complexity index is 1270. The highest BCUT2D eigenvalue weighted by atomic mass is 35.5. The Labute approximate surface area is 200 Å². The second kappa shape index (κ2) is 9.54. The number of likely N-dealkylation sites (tertiary alicyclic amines) is 1. The Morgan fingerprint density at radius 2 is 2.24 bits per heavy atom. The van der Waals surface area contributed by atoms with Gasteiger partial charge in [0.25, 0.3) is 0 Å². The normalized spacial score (nSPS) is 19.7. The van der Waals surface area contributed by atoms with Crippen molar-refractivity contribution in [3.8, 4) is 5.75 Å². The fourth-order valence-electron chi connectivity index (χ4n) is 4.25. The molecule has 0 radical (unpaired) electrons. The minimum absolute atomic E-state index is 0.000874. The van der Waals surface area contributed by atoms with Crippen LogP contribution in [0, 0.1) is 5.82 Å². The first-order valence-electron chi connectivity index (χ1n) is 10.9. The van der Waals surface area contributed by atoms with Crippen LogP contribution in [0.1, 0.15) is 6.42 Å². The van der Waals surface area contributed by atoms with Gasteiger partial charge in [-0.2, -0.15) is 0 Å². The lowest BCUT2D eigenvalue weighted by Crippen LogP contribution is -2.49. The number of aromatic nitrogens is 2. The van der Waals surface area contributed by atoms with E-state index in [9.17, 15) is 9.18 Å². The van der Waals surface area contributed by atoms with E-state index in [1.807, 2.05) is 6.08 Å². The summed E-state index contributed by atoms with van der Waals surface area (Å²) in [5.41, 5.74) is 1.66. The molecular weight excluding hydrogens is 461 g/mol. The minimum Gasteiger partial charge on any atom is -0.494 e. The van der Waals surface area contributed by atoms with E-state index in [4.69, 9.17) is 21.1 Å². The van der Waals surface area contributed by atoms with E-state index in [-0.39, 0.29) is 10.9 Å². The zero-order valence-electron chi connectivity index (χ0n) is 18.4. The number of halogens is 2. The number of hydrogen-bond donors (Lipinski definition) is 2. The third-order valence-electron chi connectivity index (χ3n) is 6.09. The fraction of sp³-hybridized carbons (Fsp3) is 0.292. The maximum Gasteiger partial charge on any atom is 0.248 e. The summed E-state index contributed by atoms with van der Waals surface area (Å²) in [5.74, 6) is 0.174. The molecule has 2 saturated heterocycles. The van der Waals surface area contributed by atoms with Crippen LogP contribution in [-0.4, -0.2) is 59.7 Å². The third kappa shape index (κ3) is 4.54. The van der Waals surface area contributed by atoms with Crippen molar-refractivity contribution < 1.29 is 18.7 Å². The van der Waals surface area contributed by atoms with Crippen molar-refractivity contribution in [2.24, 2.45) is 0 Å². The SMILES string of the molecule is COc1cc2ncnc(Nc3ccc(F)c(Cl)c3)c2cc1NC(=O)/C=C/CN1CCC2OCC21. The topological polar surface area (TPSA) is 88.6 Å². The molecule has 176 valence electrons. The molecular formula is C24H23ClFN5O3. The van der Waals surface area contributed by atoms with Gasteiger partial charge >= 0.3 is 0 Å². The highest BCUT2D eigenvalue weighted by Gasteiger charge is 2.41. The first kappa shape index (κ1) is 22.5. The molecule has 2 aromatic carbocycles. The summed E-state index contributed by atoms with van der Waals surface area (Å²) in [6.45, 7) is 2.45. The Morgan fingerprint density at radius 3 is 2.97 bits per heavy atom. The second-order valence-electron chi connectivity index (χ2n) is 8.16. The van der Waals surface area contributed by atoms with Crippen molar-refractivity contribution >= 4 is 45.6 Å². The smallest absolute Gasteiger partial charge is 0.248 e. The Balaban J connectivity index is 1.34. The highest BCUT2D eigenvalue weighted by Crippen LogP contribution is 2.34. The van der Waals surface area contributed by atoms with Crippen molar-refractivity contribution in [3.63, 3.8) is 0 Å². The summed E-state index contributed by atoms with van der Waals surface area (Å²) >= 11 is 5.89. The van der Waals surface area contributed by atoms with Gasteiger partial charge in [0.15, 0.2) is 0 Å². The number of anilines is 3. The number of ether oxygens (including phenoxy) is 2. The third-order valence-corrected chi connectivity index (χ3v) is 6.38. The lowest BCUT2D eigenvalue weighted by Gasteiger charge is -2.35. The molecule has 10 heteroatoms. The van der Waals surface area contributed by atoms with Crippen LogP contribution in [-0.2, 0) is 9.53 Å². The first-order valence-corrected chi connectivity index (χ1v) is 11.3. The molecule has 2 atom stereocenters. The van der Waals surface area contributed by atoms with Crippen LogP contribution in [0.15, 0.2) is 48.8 Å². The molecule has 5 rings (SSSR count). The average Bonchev–Trinajstić information content (AvgIpc) is 3.08. The Morgan fingerprint density at radius 1 is 1.35 bits per heavy atom. The Hall–Kier alpha value is -3.27. The number of rotatable bonds is 7. The van der Waals surface area contributed by atoms with E-state index in [2.05, 4.69) is 25.5 Å². The van der Waals surface area contributed by atoms with Crippen LogP contribution in [0.2, 0.25) is 5.02 Å². The van der Waals surface area contributed by atoms with Gasteiger partial charge in [-0.1, -0.05) is 17.7 Å². The lowest BCUT2D eigenvalue weighted by atomic mass is 10.1. The largest absolute Gasteiger partial charge is 0.494 e. The molecule has 3 aromatic rings. The summed E-state index contributed by atoms with van der Waals surface area (Å²) < 4.78 is 24.5. The molecule has 2 N–H and O–H groups in total. The van der Waals surface area contributed by atoms with Gasteiger partial charge in [-0.25, -0.2) is 14.4 Å². The molecule has 2 aliphatic rings. The average molecular weight is 484 g/mol. The zero-order valence-corrected chi connectivity index (χ0v) is 19.2. The number of methoxy groups -OCH3 is 1. The molecule has 0 spiro atoms. The van der Waals surface area contributed by atoms with E-state index >= 15 is 0 Å². The minimum atomic E-state index is -0.506. The molecule has 0 aliphatic carbocycles. The van der Waals surface area contributed by atoms with E-state index in [1.165, 1.54) is 31.6 Å². The molecule has 1 aromatic heterocycles. The van der Waals surface area contributed by atoms with E-state index in [0.717, 1.165) is 19.6 Å². The lowest BCUT2D eigenvalue weighted by molar-refractivity contribution is -0.112. The summed E-state index contributed by atoms with van der Waals surface area (Å²) in [5, 5.41) is 6.65. The maximum atomic E-state index is 13.5. The summed E-state index contributed by atoms with van der Waals surface area (Å²) in [4.78, 5) is 23.5. The molecule has 8 nitrogen and oxygen atoms in total. The van der Waals surface area contributed by atoms with Gasteiger partial charge in [0.05, 0.1) is 42.1 Å². The van der Waals surface area contributed by atoms with Gasteiger partial charge in [-0.05, 0) is 30.7 Å². The summed E-state index contributed by atoms with van der Waals surface area (Å²) in [7, 11) is 1.53. The van der Waals surface area contributed by atoms with Crippen LogP contribution >= 0.6 is 11.6 Å². The fourth-order valence-corrected chi connectivity index (χ4v) is 4.43. The molecule has 1 amide bonds. The molecule has 2 unspecified atom stereocenters. The number of nitrogens with one attached hydrogen (secondary N) is 2. The van der Waals surface area contributed by atoms with Crippen LogP contribution in [0.3, 0.4) is 0 Å². The van der Waals surface area contributed by atoms with Crippen LogP contribution in [0.5, 0.6) is 5.75 Å². The Kier molecular flexibility index (Phi) is 6.32. The van der Waals surface area contributed by atoms with E-state index in [1.54, 1.807) is 18.2 Å². The molecule has 3 heterocycles. The number of fused-ring (bicyclic) bond motifs is 2. The molecule has 0 saturated carbocycles. The van der Waals surface area contributed by atoms with Gasteiger partial charge in [0.1, 0.15) is 23.7 Å². The van der Waals surface area contributed by atoms with Crippen molar-refractivity contribution in [1.29, 1.82) is 0 Å². The number of carbonyl (C=O) groups is 1. The number of benzene rings is 2. The molecule has 0 bridgehead atoms. The molecule has 2 aliphatic heterocycles. The number of amides is 1. The van der Waals surface area contributed by atoms with E-state index in [0.29, 0.717) is 52.5 Å². The van der Waals surface area contributed by atoms with Gasteiger partial charge in [-0.3, -0.25) is 9.69 Å².